The van der Waals surface area contributed by atoms with Crippen molar-refractivity contribution in [2.24, 2.45) is 0 Å². The standard InChI is InChI=1S/C21H20N2O3/c1-3-22-13-16(14-8-4-5-9-17(14)22)15-12-20(24)23(21(15)25)18-10-6-7-11-19(18)26-2/h4-11,13,15H,3,12H2,1-2H3. The number of carbonyl (C=O) groups is 2. The molecule has 1 atom stereocenters. The summed E-state index contributed by atoms with van der Waals surface area (Å²) in [6, 6.07) is 15.1. The van der Waals surface area contributed by atoms with Crippen molar-refractivity contribution in [3.8, 4) is 5.75 Å². The lowest BCUT2D eigenvalue weighted by Gasteiger charge is -2.17. The van der Waals surface area contributed by atoms with E-state index < -0.39 is 5.92 Å². The average Bonchev–Trinajstić information content (AvgIpc) is 3.18. The molecule has 0 N–H and O–H groups in total. The van der Waals surface area contributed by atoms with Gasteiger partial charge in [-0.3, -0.25) is 9.59 Å². The third-order valence-corrected chi connectivity index (χ3v) is 5.01. The minimum atomic E-state index is -0.467. The predicted octanol–water partition coefficient (Wildman–Crippen LogP) is 3.72. The van der Waals surface area contributed by atoms with Crippen molar-refractivity contribution >= 4 is 28.4 Å². The third kappa shape index (κ3) is 2.39. The fraction of sp³-hybridized carbons (Fsp3) is 0.238. The van der Waals surface area contributed by atoms with Crippen molar-refractivity contribution in [2.45, 2.75) is 25.8 Å². The molecule has 2 heterocycles. The Balaban J connectivity index is 1.79. The average molecular weight is 348 g/mol. The summed E-state index contributed by atoms with van der Waals surface area (Å²) < 4.78 is 7.46. The molecule has 0 spiro atoms. The fourth-order valence-electron chi connectivity index (χ4n) is 3.76. The summed E-state index contributed by atoms with van der Waals surface area (Å²) >= 11 is 0. The predicted molar refractivity (Wildman–Crippen MR) is 100 cm³/mol. The Hall–Kier alpha value is -3.08. The molecule has 1 saturated heterocycles. The number of hydrogen-bond acceptors (Lipinski definition) is 3. The third-order valence-electron chi connectivity index (χ3n) is 5.01. The topological polar surface area (TPSA) is 51.5 Å². The van der Waals surface area contributed by atoms with Crippen LogP contribution in [0.25, 0.3) is 10.9 Å². The molecule has 3 aromatic rings. The van der Waals surface area contributed by atoms with Crippen molar-refractivity contribution in [1.29, 1.82) is 0 Å². The fourth-order valence-corrected chi connectivity index (χ4v) is 3.76. The quantitative estimate of drug-likeness (QED) is 0.675. The molecule has 1 aliphatic heterocycles. The summed E-state index contributed by atoms with van der Waals surface area (Å²) in [6.07, 6.45) is 2.18. The van der Waals surface area contributed by atoms with Crippen LogP contribution in [0.5, 0.6) is 5.75 Å². The number of fused-ring (bicyclic) bond motifs is 1. The van der Waals surface area contributed by atoms with Gasteiger partial charge in [0.2, 0.25) is 11.8 Å². The molecule has 132 valence electrons. The Morgan fingerprint density at radius 3 is 2.58 bits per heavy atom. The minimum absolute atomic E-state index is 0.175. The van der Waals surface area contributed by atoms with Crippen LogP contribution in [0.4, 0.5) is 5.69 Å². The smallest absolute Gasteiger partial charge is 0.242 e. The molecule has 1 unspecified atom stereocenters. The summed E-state index contributed by atoms with van der Waals surface area (Å²) in [5.74, 6) is -0.340. The number of aromatic nitrogens is 1. The van der Waals surface area contributed by atoms with E-state index in [1.54, 1.807) is 18.2 Å². The highest BCUT2D eigenvalue weighted by Gasteiger charge is 2.42. The van der Waals surface area contributed by atoms with Crippen molar-refractivity contribution in [3.05, 3.63) is 60.3 Å². The number of methoxy groups -OCH3 is 1. The molecule has 2 aromatic carbocycles. The van der Waals surface area contributed by atoms with Gasteiger partial charge < -0.3 is 9.30 Å². The first-order valence-corrected chi connectivity index (χ1v) is 8.73. The maximum atomic E-state index is 13.2. The van der Waals surface area contributed by atoms with Gasteiger partial charge in [-0.25, -0.2) is 4.90 Å². The largest absolute Gasteiger partial charge is 0.495 e. The second-order valence-electron chi connectivity index (χ2n) is 6.38. The Kier molecular flexibility index (Phi) is 3.99. The lowest BCUT2D eigenvalue weighted by molar-refractivity contribution is -0.121. The van der Waals surface area contributed by atoms with Gasteiger partial charge in [-0.15, -0.1) is 0 Å². The van der Waals surface area contributed by atoms with E-state index in [1.807, 2.05) is 36.5 Å². The first-order valence-electron chi connectivity index (χ1n) is 8.73. The number of benzene rings is 2. The van der Waals surface area contributed by atoms with Crippen molar-refractivity contribution in [3.63, 3.8) is 0 Å². The van der Waals surface area contributed by atoms with Crippen LogP contribution in [0.2, 0.25) is 0 Å². The van der Waals surface area contributed by atoms with Crippen LogP contribution in [0.3, 0.4) is 0 Å². The molecule has 0 radical (unpaired) electrons. The minimum Gasteiger partial charge on any atom is -0.495 e. The highest BCUT2D eigenvalue weighted by Crippen LogP contribution is 2.39. The molecule has 0 bridgehead atoms. The SMILES string of the molecule is CCn1cc(C2CC(=O)N(c3ccccc3OC)C2=O)c2ccccc21. The molecule has 5 heteroatoms. The number of anilines is 1. The van der Waals surface area contributed by atoms with Crippen LogP contribution in [0.1, 0.15) is 24.8 Å². The number of nitrogens with zero attached hydrogens (tertiary/aromatic N) is 2. The number of carbonyl (C=O) groups excluding carboxylic acids is 2. The maximum absolute atomic E-state index is 13.2. The molecule has 4 rings (SSSR count). The van der Waals surface area contributed by atoms with E-state index in [-0.39, 0.29) is 18.2 Å². The Morgan fingerprint density at radius 1 is 1.08 bits per heavy atom. The number of aryl methyl sites for hydroxylation is 1. The number of imide groups is 1. The van der Waals surface area contributed by atoms with E-state index >= 15 is 0 Å². The first-order chi connectivity index (χ1) is 12.7. The first kappa shape index (κ1) is 16.4. The Bertz CT molecular complexity index is 1010. The summed E-state index contributed by atoms with van der Waals surface area (Å²) in [4.78, 5) is 27.1. The summed E-state index contributed by atoms with van der Waals surface area (Å²) in [5, 5.41) is 1.03. The van der Waals surface area contributed by atoms with Gasteiger partial charge in [-0.1, -0.05) is 30.3 Å². The molecule has 1 fully saturated rings. The van der Waals surface area contributed by atoms with Gasteiger partial charge in [0.25, 0.3) is 0 Å². The van der Waals surface area contributed by atoms with Crippen molar-refractivity contribution < 1.29 is 14.3 Å². The van der Waals surface area contributed by atoms with Gasteiger partial charge in [0.05, 0.1) is 18.7 Å². The van der Waals surface area contributed by atoms with Gasteiger partial charge in [-0.2, -0.15) is 0 Å². The molecule has 5 nitrogen and oxygen atoms in total. The zero-order valence-corrected chi connectivity index (χ0v) is 14.8. The Morgan fingerprint density at radius 2 is 1.81 bits per heavy atom. The summed E-state index contributed by atoms with van der Waals surface area (Å²) in [6.45, 7) is 2.88. The Labute approximate surface area is 151 Å². The van der Waals surface area contributed by atoms with E-state index in [1.165, 1.54) is 12.0 Å². The maximum Gasteiger partial charge on any atom is 0.242 e. The van der Waals surface area contributed by atoms with Crippen LogP contribution in [-0.4, -0.2) is 23.5 Å². The number of rotatable bonds is 4. The van der Waals surface area contributed by atoms with Crippen LogP contribution < -0.4 is 9.64 Å². The van der Waals surface area contributed by atoms with Gasteiger partial charge in [0, 0.05) is 30.1 Å². The molecular weight excluding hydrogens is 328 g/mol. The highest BCUT2D eigenvalue weighted by molar-refractivity contribution is 6.24. The normalized spacial score (nSPS) is 17.3. The lowest BCUT2D eigenvalue weighted by atomic mass is 9.97. The summed E-state index contributed by atoms with van der Waals surface area (Å²) in [7, 11) is 1.54. The van der Waals surface area contributed by atoms with Gasteiger partial charge in [0.15, 0.2) is 0 Å². The van der Waals surface area contributed by atoms with E-state index in [2.05, 4.69) is 11.5 Å². The van der Waals surface area contributed by atoms with E-state index in [9.17, 15) is 9.59 Å². The number of hydrogen-bond donors (Lipinski definition) is 0. The van der Waals surface area contributed by atoms with E-state index in [4.69, 9.17) is 4.74 Å². The lowest BCUT2D eigenvalue weighted by Crippen LogP contribution is -2.30. The van der Waals surface area contributed by atoms with Crippen LogP contribution in [0, 0.1) is 0 Å². The zero-order valence-electron chi connectivity index (χ0n) is 14.8. The van der Waals surface area contributed by atoms with Crippen LogP contribution in [-0.2, 0) is 16.1 Å². The highest BCUT2D eigenvalue weighted by atomic mass is 16.5. The molecule has 1 aromatic heterocycles. The van der Waals surface area contributed by atoms with Crippen molar-refractivity contribution in [2.75, 3.05) is 12.0 Å². The van der Waals surface area contributed by atoms with E-state index in [0.29, 0.717) is 11.4 Å². The zero-order chi connectivity index (χ0) is 18.3. The number of amides is 2. The number of para-hydroxylation sites is 3. The molecule has 0 saturated carbocycles. The van der Waals surface area contributed by atoms with Gasteiger partial charge >= 0.3 is 0 Å². The summed E-state index contributed by atoms with van der Waals surface area (Å²) in [5.41, 5.74) is 2.51. The van der Waals surface area contributed by atoms with Crippen LogP contribution >= 0.6 is 0 Å². The van der Waals surface area contributed by atoms with Gasteiger partial charge in [0.1, 0.15) is 5.75 Å². The molecule has 2 amide bonds. The van der Waals surface area contributed by atoms with E-state index in [0.717, 1.165) is 23.0 Å². The second kappa shape index (κ2) is 6.33. The monoisotopic (exact) mass is 348 g/mol. The number of ether oxygens (including phenoxy) is 1. The molecule has 0 aliphatic carbocycles. The molecular formula is C21H20N2O3. The van der Waals surface area contributed by atoms with Crippen molar-refractivity contribution in [1.82, 2.24) is 4.57 Å². The van der Waals surface area contributed by atoms with Gasteiger partial charge in [-0.05, 0) is 30.7 Å². The van der Waals surface area contributed by atoms with Crippen LogP contribution in [0.15, 0.2) is 54.7 Å². The second-order valence-corrected chi connectivity index (χ2v) is 6.38. The molecule has 26 heavy (non-hydrogen) atoms. The molecule has 1 aliphatic rings.